The Morgan fingerprint density at radius 1 is 1.42 bits per heavy atom. The molecule has 3 N–H and O–H groups in total. The Bertz CT molecular complexity index is 501. The van der Waals surface area contributed by atoms with Crippen LogP contribution >= 0.6 is 11.6 Å². The van der Waals surface area contributed by atoms with Crippen LogP contribution in [0.2, 0.25) is 5.02 Å². The van der Waals surface area contributed by atoms with Crippen LogP contribution in [0.4, 0.5) is 10.5 Å². The quantitative estimate of drug-likeness (QED) is 0.573. The van der Waals surface area contributed by atoms with Gasteiger partial charge in [-0.25, -0.2) is 9.59 Å². The van der Waals surface area contributed by atoms with Crippen LogP contribution in [0.1, 0.15) is 23.7 Å². The lowest BCUT2D eigenvalue weighted by molar-refractivity contribution is 0.0697. The average molecular weight is 283 g/mol. The number of carboxylic acids is 1. The van der Waals surface area contributed by atoms with Crippen LogP contribution in [0.3, 0.4) is 0 Å². The molecule has 0 unspecified atom stereocenters. The largest absolute Gasteiger partial charge is 0.478 e. The van der Waals surface area contributed by atoms with E-state index in [2.05, 4.69) is 10.6 Å². The Morgan fingerprint density at radius 3 is 2.74 bits per heavy atom. The van der Waals surface area contributed by atoms with Crippen LogP contribution in [-0.4, -0.2) is 23.7 Å². The third-order valence-corrected chi connectivity index (χ3v) is 2.61. The van der Waals surface area contributed by atoms with Crippen molar-refractivity contribution in [3.05, 3.63) is 40.9 Å². The van der Waals surface area contributed by atoms with Gasteiger partial charge >= 0.3 is 12.0 Å². The molecule has 0 aliphatic rings. The number of carbonyl (C=O) groups excluding carboxylic acids is 1. The van der Waals surface area contributed by atoms with Crippen LogP contribution in [0.25, 0.3) is 0 Å². The Balaban J connectivity index is 2.57. The first-order chi connectivity index (χ1) is 9.04. The zero-order chi connectivity index (χ0) is 14.3. The number of aromatic carboxylic acids is 1. The summed E-state index contributed by atoms with van der Waals surface area (Å²) in [6.45, 7) is 2.42. The fraction of sp³-hybridized carbons (Fsp3) is 0.231. The fourth-order valence-corrected chi connectivity index (χ4v) is 1.58. The third-order valence-electron chi connectivity index (χ3n) is 2.30. The van der Waals surface area contributed by atoms with Gasteiger partial charge in [-0.05, 0) is 31.5 Å². The molecule has 6 heteroatoms. The maximum atomic E-state index is 11.5. The number of hydrogen-bond donors (Lipinski definition) is 3. The SMILES string of the molecule is C/C=C/CCNC(=O)Nc1ccc(C(=O)O)cc1Cl. The molecule has 0 bridgehead atoms. The number of carbonyl (C=O) groups is 2. The van der Waals surface area contributed by atoms with Crippen molar-refractivity contribution in [2.45, 2.75) is 13.3 Å². The number of benzene rings is 1. The first-order valence-electron chi connectivity index (χ1n) is 5.73. The lowest BCUT2D eigenvalue weighted by atomic mass is 10.2. The second-order valence-electron chi connectivity index (χ2n) is 3.74. The second kappa shape index (κ2) is 7.43. The molecule has 19 heavy (non-hydrogen) atoms. The predicted octanol–water partition coefficient (Wildman–Crippen LogP) is 3.13. The molecule has 0 fully saturated rings. The monoisotopic (exact) mass is 282 g/mol. The molecule has 0 atom stereocenters. The van der Waals surface area contributed by atoms with Gasteiger partial charge in [0, 0.05) is 6.54 Å². The van der Waals surface area contributed by atoms with Crippen LogP contribution in [-0.2, 0) is 0 Å². The van der Waals surface area contributed by atoms with E-state index in [-0.39, 0.29) is 16.6 Å². The summed E-state index contributed by atoms with van der Waals surface area (Å²) in [4.78, 5) is 22.3. The number of anilines is 1. The number of allylic oxidation sites excluding steroid dienone is 1. The number of carboxylic acid groups (broad SMARTS) is 1. The molecule has 102 valence electrons. The van der Waals surface area contributed by atoms with E-state index in [1.165, 1.54) is 18.2 Å². The summed E-state index contributed by atoms with van der Waals surface area (Å²) in [7, 11) is 0. The molecule has 0 saturated carbocycles. The summed E-state index contributed by atoms with van der Waals surface area (Å²) < 4.78 is 0. The van der Waals surface area contributed by atoms with Crippen LogP contribution in [0, 0.1) is 0 Å². The van der Waals surface area contributed by atoms with E-state index in [1.54, 1.807) is 0 Å². The van der Waals surface area contributed by atoms with E-state index >= 15 is 0 Å². The van der Waals surface area contributed by atoms with Crippen molar-refractivity contribution in [2.75, 3.05) is 11.9 Å². The van der Waals surface area contributed by atoms with Gasteiger partial charge in [-0.3, -0.25) is 0 Å². The van der Waals surface area contributed by atoms with E-state index in [1.807, 2.05) is 19.1 Å². The summed E-state index contributed by atoms with van der Waals surface area (Å²) in [5.74, 6) is -1.07. The van der Waals surface area contributed by atoms with E-state index in [9.17, 15) is 9.59 Å². The Morgan fingerprint density at radius 2 is 2.16 bits per heavy atom. The van der Waals surface area contributed by atoms with E-state index in [0.717, 1.165) is 6.42 Å². The molecule has 1 rings (SSSR count). The topological polar surface area (TPSA) is 78.4 Å². The molecular formula is C13H15ClN2O3. The second-order valence-corrected chi connectivity index (χ2v) is 4.15. The minimum atomic E-state index is -1.07. The smallest absolute Gasteiger partial charge is 0.335 e. The first-order valence-corrected chi connectivity index (χ1v) is 6.11. The predicted molar refractivity (Wildman–Crippen MR) is 74.9 cm³/mol. The molecule has 1 aromatic carbocycles. The van der Waals surface area contributed by atoms with Gasteiger partial charge in [0.15, 0.2) is 0 Å². The van der Waals surface area contributed by atoms with Gasteiger partial charge < -0.3 is 15.7 Å². The molecule has 0 aliphatic heterocycles. The van der Waals surface area contributed by atoms with Gasteiger partial charge in [-0.1, -0.05) is 23.8 Å². The fourth-order valence-electron chi connectivity index (χ4n) is 1.35. The Kier molecular flexibility index (Phi) is 5.89. The molecule has 1 aromatic rings. The average Bonchev–Trinajstić information content (AvgIpc) is 2.37. The standard InChI is InChI=1S/C13H15ClN2O3/c1-2-3-4-7-15-13(19)16-11-6-5-9(12(17)18)8-10(11)14/h2-3,5-6,8H,4,7H2,1H3,(H,17,18)(H2,15,16,19)/b3-2+. The van der Waals surface area contributed by atoms with Crippen molar-refractivity contribution in [1.82, 2.24) is 5.32 Å². The maximum absolute atomic E-state index is 11.5. The van der Waals surface area contributed by atoms with Gasteiger partial charge in [-0.15, -0.1) is 0 Å². The highest BCUT2D eigenvalue weighted by molar-refractivity contribution is 6.34. The number of halogens is 1. The maximum Gasteiger partial charge on any atom is 0.335 e. The highest BCUT2D eigenvalue weighted by Gasteiger charge is 2.08. The van der Waals surface area contributed by atoms with Crippen LogP contribution < -0.4 is 10.6 Å². The Labute approximate surface area is 116 Å². The summed E-state index contributed by atoms with van der Waals surface area (Å²) in [5, 5.41) is 14.2. The van der Waals surface area contributed by atoms with Gasteiger partial charge in [-0.2, -0.15) is 0 Å². The van der Waals surface area contributed by atoms with Crippen molar-refractivity contribution in [3.63, 3.8) is 0 Å². The third kappa shape index (κ3) is 5.01. The molecule has 0 saturated heterocycles. The zero-order valence-corrected chi connectivity index (χ0v) is 11.2. The number of rotatable bonds is 5. The van der Waals surface area contributed by atoms with Crippen molar-refractivity contribution in [2.24, 2.45) is 0 Å². The molecule has 2 amide bonds. The number of urea groups is 1. The van der Waals surface area contributed by atoms with Crippen molar-refractivity contribution in [3.8, 4) is 0 Å². The van der Waals surface area contributed by atoms with E-state index in [0.29, 0.717) is 12.2 Å². The highest BCUT2D eigenvalue weighted by Crippen LogP contribution is 2.22. The molecule has 0 aromatic heterocycles. The molecular weight excluding hydrogens is 268 g/mol. The lowest BCUT2D eigenvalue weighted by Crippen LogP contribution is -2.29. The summed E-state index contributed by atoms with van der Waals surface area (Å²) in [6, 6.07) is 3.75. The summed E-state index contributed by atoms with van der Waals surface area (Å²) in [5.41, 5.74) is 0.444. The van der Waals surface area contributed by atoms with Gasteiger partial charge in [0.1, 0.15) is 0 Å². The number of nitrogens with one attached hydrogen (secondary N) is 2. The normalized spacial score (nSPS) is 10.4. The number of amides is 2. The summed E-state index contributed by atoms with van der Waals surface area (Å²) >= 11 is 5.88. The molecule has 0 spiro atoms. The molecule has 5 nitrogen and oxygen atoms in total. The highest BCUT2D eigenvalue weighted by atomic mass is 35.5. The van der Waals surface area contributed by atoms with Gasteiger partial charge in [0.05, 0.1) is 16.3 Å². The van der Waals surface area contributed by atoms with Gasteiger partial charge in [0.25, 0.3) is 0 Å². The van der Waals surface area contributed by atoms with Crippen molar-refractivity contribution in [1.29, 1.82) is 0 Å². The minimum Gasteiger partial charge on any atom is -0.478 e. The van der Waals surface area contributed by atoms with E-state index in [4.69, 9.17) is 16.7 Å². The number of hydrogen-bond acceptors (Lipinski definition) is 2. The van der Waals surface area contributed by atoms with Crippen LogP contribution in [0.15, 0.2) is 30.4 Å². The molecule has 0 heterocycles. The van der Waals surface area contributed by atoms with Crippen LogP contribution in [0.5, 0.6) is 0 Å². The zero-order valence-electron chi connectivity index (χ0n) is 10.4. The van der Waals surface area contributed by atoms with E-state index < -0.39 is 5.97 Å². The molecule has 0 aliphatic carbocycles. The van der Waals surface area contributed by atoms with Crippen molar-refractivity contribution < 1.29 is 14.7 Å². The minimum absolute atomic E-state index is 0.0732. The van der Waals surface area contributed by atoms with Crippen molar-refractivity contribution >= 4 is 29.3 Å². The molecule has 0 radical (unpaired) electrons. The first kappa shape index (κ1) is 15.0. The lowest BCUT2D eigenvalue weighted by Gasteiger charge is -2.08. The Hall–Kier alpha value is -2.01. The summed E-state index contributed by atoms with van der Waals surface area (Å²) in [6.07, 6.45) is 4.59. The van der Waals surface area contributed by atoms with Gasteiger partial charge in [0.2, 0.25) is 0 Å².